The molecule has 0 saturated carbocycles. The number of benzene rings is 4. The number of halogens is 1. The summed E-state index contributed by atoms with van der Waals surface area (Å²) in [6, 6.07) is 27.8. The average molecular weight is 379 g/mol. The van der Waals surface area contributed by atoms with Crippen molar-refractivity contribution in [2.75, 3.05) is 5.73 Å². The number of anilines is 1. The molecule has 0 aliphatic heterocycles. The van der Waals surface area contributed by atoms with Gasteiger partial charge in [-0.25, -0.2) is 4.39 Å². The van der Waals surface area contributed by atoms with Gasteiger partial charge in [0.05, 0.1) is 5.69 Å². The Labute approximate surface area is 170 Å². The van der Waals surface area contributed by atoms with Gasteiger partial charge in [-0.05, 0) is 27.8 Å². The summed E-state index contributed by atoms with van der Waals surface area (Å²) >= 11 is 0. The van der Waals surface area contributed by atoms with Crippen LogP contribution in [0.3, 0.4) is 0 Å². The fraction of sp³-hybridized carbons (Fsp3) is 0.111. The van der Waals surface area contributed by atoms with Crippen molar-refractivity contribution < 1.29 is 4.39 Å². The average Bonchev–Trinajstić information content (AvgIpc) is 2.98. The van der Waals surface area contributed by atoms with Gasteiger partial charge in [0.1, 0.15) is 5.82 Å². The number of nitrogens with two attached hydrogens (primary N) is 1. The summed E-state index contributed by atoms with van der Waals surface area (Å²) in [7, 11) is 0. The molecule has 2 heteroatoms. The highest BCUT2D eigenvalue weighted by Crippen LogP contribution is 2.56. The van der Waals surface area contributed by atoms with E-state index >= 15 is 4.39 Å². The smallest absolute Gasteiger partial charge is 0.141 e. The lowest BCUT2D eigenvalue weighted by molar-refractivity contribution is 0.625. The molecule has 0 amide bonds. The monoisotopic (exact) mass is 379 g/mol. The number of hydrogen-bond acceptors (Lipinski definition) is 1. The highest BCUT2D eigenvalue weighted by Gasteiger charge is 2.41. The molecule has 0 bridgehead atoms. The molecule has 4 aromatic rings. The van der Waals surface area contributed by atoms with Crippen molar-refractivity contribution in [3.8, 4) is 33.4 Å². The molecule has 142 valence electrons. The third-order valence-corrected chi connectivity index (χ3v) is 6.10. The second-order valence-corrected chi connectivity index (χ2v) is 8.13. The SMILES string of the molecule is CC1(C)c2ccccc2-c2c(F)c(-c3ccccc3)c(N)c(-c3ccccc3)c21. The van der Waals surface area contributed by atoms with Crippen LogP contribution in [0.4, 0.5) is 10.1 Å². The Morgan fingerprint density at radius 2 is 1.17 bits per heavy atom. The Morgan fingerprint density at radius 3 is 1.79 bits per heavy atom. The summed E-state index contributed by atoms with van der Waals surface area (Å²) in [6.07, 6.45) is 0. The molecule has 0 fully saturated rings. The molecular formula is C27H22FN. The molecule has 2 N–H and O–H groups in total. The van der Waals surface area contributed by atoms with E-state index in [0.717, 1.165) is 33.4 Å². The number of nitrogen functional groups attached to an aromatic ring is 1. The zero-order chi connectivity index (χ0) is 20.2. The number of rotatable bonds is 2. The van der Waals surface area contributed by atoms with Gasteiger partial charge in [-0.15, -0.1) is 0 Å². The first-order valence-corrected chi connectivity index (χ1v) is 9.88. The summed E-state index contributed by atoms with van der Waals surface area (Å²) in [5.41, 5.74) is 13.9. The molecule has 0 spiro atoms. The minimum Gasteiger partial charge on any atom is -0.398 e. The first-order chi connectivity index (χ1) is 14.0. The molecule has 5 rings (SSSR count). The Morgan fingerprint density at radius 1 is 0.655 bits per heavy atom. The molecule has 0 radical (unpaired) electrons. The van der Waals surface area contributed by atoms with Crippen LogP contribution in [0.15, 0.2) is 84.9 Å². The van der Waals surface area contributed by atoms with Gasteiger partial charge in [0.15, 0.2) is 0 Å². The van der Waals surface area contributed by atoms with Crippen LogP contribution in [-0.4, -0.2) is 0 Å². The summed E-state index contributed by atoms with van der Waals surface area (Å²) in [5, 5.41) is 0. The van der Waals surface area contributed by atoms with Crippen molar-refractivity contribution in [1.82, 2.24) is 0 Å². The molecule has 0 aromatic heterocycles. The second-order valence-electron chi connectivity index (χ2n) is 8.13. The molecule has 0 atom stereocenters. The van der Waals surface area contributed by atoms with Crippen LogP contribution in [-0.2, 0) is 5.41 Å². The van der Waals surface area contributed by atoms with Crippen LogP contribution in [0, 0.1) is 5.82 Å². The maximum atomic E-state index is 16.2. The minimum atomic E-state index is -0.346. The van der Waals surface area contributed by atoms with Crippen LogP contribution in [0.25, 0.3) is 33.4 Å². The van der Waals surface area contributed by atoms with Gasteiger partial charge in [0, 0.05) is 22.1 Å². The maximum absolute atomic E-state index is 16.2. The molecule has 1 aliphatic carbocycles. The topological polar surface area (TPSA) is 26.0 Å². The lowest BCUT2D eigenvalue weighted by Gasteiger charge is -2.27. The number of fused-ring (bicyclic) bond motifs is 3. The summed E-state index contributed by atoms with van der Waals surface area (Å²) in [4.78, 5) is 0. The summed E-state index contributed by atoms with van der Waals surface area (Å²) < 4.78 is 16.2. The fourth-order valence-electron chi connectivity index (χ4n) is 4.79. The van der Waals surface area contributed by atoms with E-state index in [4.69, 9.17) is 5.73 Å². The van der Waals surface area contributed by atoms with Gasteiger partial charge >= 0.3 is 0 Å². The van der Waals surface area contributed by atoms with Crippen molar-refractivity contribution in [3.05, 3.63) is 102 Å². The van der Waals surface area contributed by atoms with Gasteiger partial charge in [0.2, 0.25) is 0 Å². The molecule has 1 nitrogen and oxygen atoms in total. The summed E-state index contributed by atoms with van der Waals surface area (Å²) in [5.74, 6) is -0.235. The Balaban J connectivity index is 1.98. The van der Waals surface area contributed by atoms with Gasteiger partial charge in [-0.3, -0.25) is 0 Å². The predicted octanol–water partition coefficient (Wildman–Crippen LogP) is 7.05. The van der Waals surface area contributed by atoms with Crippen molar-refractivity contribution in [1.29, 1.82) is 0 Å². The van der Waals surface area contributed by atoms with Crippen molar-refractivity contribution in [2.24, 2.45) is 0 Å². The Hall–Kier alpha value is -3.39. The first kappa shape index (κ1) is 17.7. The number of hydrogen-bond donors (Lipinski definition) is 1. The van der Waals surface area contributed by atoms with E-state index in [2.05, 4.69) is 32.0 Å². The van der Waals surface area contributed by atoms with E-state index in [1.807, 2.05) is 66.7 Å². The maximum Gasteiger partial charge on any atom is 0.141 e. The fourth-order valence-corrected chi connectivity index (χ4v) is 4.79. The van der Waals surface area contributed by atoms with Crippen LogP contribution in [0.1, 0.15) is 25.0 Å². The van der Waals surface area contributed by atoms with Crippen molar-refractivity contribution >= 4 is 5.69 Å². The van der Waals surface area contributed by atoms with Gasteiger partial charge in [-0.1, -0.05) is 98.8 Å². The molecule has 4 aromatic carbocycles. The molecule has 29 heavy (non-hydrogen) atoms. The minimum absolute atomic E-state index is 0.235. The van der Waals surface area contributed by atoms with Crippen LogP contribution >= 0.6 is 0 Å². The van der Waals surface area contributed by atoms with E-state index in [1.165, 1.54) is 0 Å². The summed E-state index contributed by atoms with van der Waals surface area (Å²) in [6.45, 7) is 4.32. The normalized spacial score (nSPS) is 13.8. The zero-order valence-corrected chi connectivity index (χ0v) is 16.5. The lowest BCUT2D eigenvalue weighted by atomic mass is 9.77. The predicted molar refractivity (Wildman–Crippen MR) is 119 cm³/mol. The van der Waals surface area contributed by atoms with E-state index < -0.39 is 0 Å². The van der Waals surface area contributed by atoms with E-state index in [-0.39, 0.29) is 11.2 Å². The quantitative estimate of drug-likeness (QED) is 0.371. The van der Waals surface area contributed by atoms with Gasteiger partial charge in [-0.2, -0.15) is 0 Å². The Kier molecular flexibility index (Phi) is 3.85. The third-order valence-electron chi connectivity index (χ3n) is 6.10. The molecular weight excluding hydrogens is 357 g/mol. The van der Waals surface area contributed by atoms with Crippen molar-refractivity contribution in [3.63, 3.8) is 0 Å². The third kappa shape index (κ3) is 2.45. The first-order valence-electron chi connectivity index (χ1n) is 9.88. The van der Waals surface area contributed by atoms with E-state index in [1.54, 1.807) is 0 Å². The largest absolute Gasteiger partial charge is 0.398 e. The van der Waals surface area contributed by atoms with Crippen LogP contribution in [0.5, 0.6) is 0 Å². The lowest BCUT2D eigenvalue weighted by Crippen LogP contribution is -2.18. The van der Waals surface area contributed by atoms with Crippen LogP contribution < -0.4 is 5.73 Å². The second kappa shape index (κ2) is 6.31. The molecule has 0 heterocycles. The Bertz CT molecular complexity index is 1220. The molecule has 0 unspecified atom stereocenters. The molecule has 1 aliphatic rings. The van der Waals surface area contributed by atoms with E-state index in [9.17, 15) is 0 Å². The van der Waals surface area contributed by atoms with Crippen molar-refractivity contribution in [2.45, 2.75) is 19.3 Å². The highest BCUT2D eigenvalue weighted by molar-refractivity contribution is 6.00. The van der Waals surface area contributed by atoms with Gasteiger partial charge in [0.25, 0.3) is 0 Å². The standard InChI is InChI=1S/C27H22FN/c1-27(2)20-16-10-9-15-19(20)23-24(27)21(17-11-5-3-6-12-17)26(29)22(25(23)28)18-13-7-4-8-14-18/h3-16H,29H2,1-2H3. The van der Waals surface area contributed by atoms with Gasteiger partial charge < -0.3 is 5.73 Å². The zero-order valence-electron chi connectivity index (χ0n) is 16.5. The highest BCUT2D eigenvalue weighted by atomic mass is 19.1. The molecule has 0 saturated heterocycles. The van der Waals surface area contributed by atoms with Crippen LogP contribution in [0.2, 0.25) is 0 Å². The van der Waals surface area contributed by atoms with E-state index in [0.29, 0.717) is 16.8 Å².